The molecule has 0 bridgehead atoms. The van der Waals surface area contributed by atoms with Crippen LogP contribution < -0.4 is 5.32 Å². The SMILES string of the molecule is C=C/C(=C(\NC(C)=NC/C=C(\C=C(/C)OC)C(F)(F)F)N1CC(C)OC(C)C1)c1cccc(/C=C/C(=O)O)c1. The number of nitrogens with zero attached hydrogens (tertiary/aromatic N) is 2. The zero-order valence-electron chi connectivity index (χ0n) is 22.9. The minimum absolute atomic E-state index is 0.0632. The highest BCUT2D eigenvalue weighted by molar-refractivity contribution is 5.87. The fourth-order valence-corrected chi connectivity index (χ4v) is 4.03. The van der Waals surface area contributed by atoms with Crippen molar-refractivity contribution in [3.63, 3.8) is 0 Å². The maximum absolute atomic E-state index is 13.4. The Morgan fingerprint density at radius 1 is 1.28 bits per heavy atom. The van der Waals surface area contributed by atoms with Gasteiger partial charge in [-0.3, -0.25) is 4.99 Å². The molecule has 1 heterocycles. The molecule has 0 aromatic heterocycles. The van der Waals surface area contributed by atoms with Crippen molar-refractivity contribution in [3.05, 3.63) is 83.4 Å². The number of morpholine rings is 1. The molecular weight excluding hydrogens is 511 g/mol. The summed E-state index contributed by atoms with van der Waals surface area (Å²) in [5, 5.41) is 12.3. The number of nitrogens with one attached hydrogen (secondary N) is 1. The second-order valence-corrected chi connectivity index (χ2v) is 9.09. The van der Waals surface area contributed by atoms with E-state index in [1.165, 1.54) is 20.1 Å². The van der Waals surface area contributed by atoms with Gasteiger partial charge in [-0.15, -0.1) is 0 Å². The molecule has 0 radical (unpaired) electrons. The van der Waals surface area contributed by atoms with Gasteiger partial charge in [0, 0.05) is 24.7 Å². The number of aliphatic carboxylic acids is 1. The van der Waals surface area contributed by atoms with Crippen molar-refractivity contribution in [2.75, 3.05) is 26.7 Å². The van der Waals surface area contributed by atoms with Crippen molar-refractivity contribution in [3.8, 4) is 0 Å². The molecule has 1 aliphatic rings. The summed E-state index contributed by atoms with van der Waals surface area (Å²) in [5.41, 5.74) is 1.34. The minimum Gasteiger partial charge on any atom is -0.501 e. The number of methoxy groups -OCH3 is 1. The lowest BCUT2D eigenvalue weighted by Gasteiger charge is -2.39. The molecule has 0 saturated carbocycles. The molecule has 212 valence electrons. The van der Waals surface area contributed by atoms with Crippen LogP contribution in [0.1, 0.15) is 38.8 Å². The Bertz CT molecular complexity index is 1170. The zero-order chi connectivity index (χ0) is 29.2. The van der Waals surface area contributed by atoms with Gasteiger partial charge in [0.1, 0.15) is 5.82 Å². The second-order valence-electron chi connectivity index (χ2n) is 9.09. The predicted octanol–water partition coefficient (Wildman–Crippen LogP) is 5.80. The van der Waals surface area contributed by atoms with Crippen LogP contribution in [0.4, 0.5) is 13.2 Å². The number of halogens is 3. The third kappa shape index (κ3) is 10.1. The van der Waals surface area contributed by atoms with E-state index in [4.69, 9.17) is 14.6 Å². The molecule has 1 aromatic carbocycles. The first kappa shape index (κ1) is 31.4. The Balaban J connectivity index is 2.50. The highest BCUT2D eigenvalue weighted by Crippen LogP contribution is 2.28. The number of amidine groups is 1. The van der Waals surface area contributed by atoms with Crippen LogP contribution in [0.15, 0.2) is 77.3 Å². The van der Waals surface area contributed by atoms with Crippen molar-refractivity contribution in [2.45, 2.75) is 46.1 Å². The molecule has 1 saturated heterocycles. The molecular formula is C29H36F3N3O4. The highest BCUT2D eigenvalue weighted by Gasteiger charge is 2.32. The van der Waals surface area contributed by atoms with Crippen LogP contribution >= 0.6 is 0 Å². The van der Waals surface area contributed by atoms with E-state index in [9.17, 15) is 18.0 Å². The lowest BCUT2D eigenvalue weighted by atomic mass is 10.0. The van der Waals surface area contributed by atoms with Crippen LogP contribution in [0, 0.1) is 0 Å². The van der Waals surface area contributed by atoms with Crippen molar-refractivity contribution >= 4 is 23.5 Å². The summed E-state index contributed by atoms with van der Waals surface area (Å²) in [7, 11) is 1.31. The summed E-state index contributed by atoms with van der Waals surface area (Å²) in [6, 6.07) is 7.30. The molecule has 1 aliphatic heterocycles. The molecule has 2 rings (SSSR count). The number of hydrogen-bond donors (Lipinski definition) is 2. The summed E-state index contributed by atoms with van der Waals surface area (Å²) >= 11 is 0. The molecule has 0 spiro atoms. The quantitative estimate of drug-likeness (QED) is 0.127. The van der Waals surface area contributed by atoms with E-state index < -0.39 is 17.7 Å². The summed E-state index contributed by atoms with van der Waals surface area (Å²) in [6.45, 7) is 12.0. The van der Waals surface area contributed by atoms with Crippen LogP contribution in [0.3, 0.4) is 0 Å². The van der Waals surface area contributed by atoms with E-state index in [-0.39, 0.29) is 24.5 Å². The van der Waals surface area contributed by atoms with Gasteiger partial charge in [0.2, 0.25) is 0 Å². The maximum Gasteiger partial charge on any atom is 0.416 e. The van der Waals surface area contributed by atoms with E-state index in [0.717, 1.165) is 29.4 Å². The lowest BCUT2D eigenvalue weighted by Crippen LogP contribution is -2.48. The van der Waals surface area contributed by atoms with Crippen molar-refractivity contribution < 1.29 is 32.5 Å². The standard InChI is InChI=1S/C29H36F3N3O4/c1-7-26(24-10-8-9-23(16-24)11-12-27(36)37)28(35-17-20(3)39-21(4)18-35)34-22(5)33-14-13-25(29(30,31)32)15-19(2)38-6/h7-13,15-16,20-21H,1,14,17-18H2,2-6H3,(H,33,34)(H,36,37)/b12-11+,19-15+,25-13+,28-26-. The molecule has 2 N–H and O–H groups in total. The molecule has 39 heavy (non-hydrogen) atoms. The average Bonchev–Trinajstić information content (AvgIpc) is 2.85. The summed E-state index contributed by atoms with van der Waals surface area (Å²) in [4.78, 5) is 17.4. The van der Waals surface area contributed by atoms with Crippen LogP contribution in [-0.2, 0) is 14.3 Å². The maximum atomic E-state index is 13.4. The Labute approximate surface area is 227 Å². The fraction of sp³-hybridized carbons (Fsp3) is 0.379. The van der Waals surface area contributed by atoms with Gasteiger partial charge in [-0.1, -0.05) is 36.9 Å². The summed E-state index contributed by atoms with van der Waals surface area (Å²) in [6.07, 6.45) is 1.50. The third-order valence-electron chi connectivity index (χ3n) is 5.76. The minimum atomic E-state index is -4.54. The first-order valence-corrected chi connectivity index (χ1v) is 12.4. The van der Waals surface area contributed by atoms with Crippen LogP contribution in [-0.4, -0.2) is 66.9 Å². The number of hydrogen-bond acceptors (Lipinski definition) is 5. The molecule has 10 heteroatoms. The number of carbonyl (C=O) groups is 1. The molecule has 0 aliphatic carbocycles. The number of benzene rings is 1. The number of carboxylic acid groups (broad SMARTS) is 1. The number of ether oxygens (including phenoxy) is 2. The van der Waals surface area contributed by atoms with E-state index in [2.05, 4.69) is 21.8 Å². The van der Waals surface area contributed by atoms with Crippen LogP contribution in [0.25, 0.3) is 11.6 Å². The van der Waals surface area contributed by atoms with Crippen LogP contribution in [0.2, 0.25) is 0 Å². The van der Waals surface area contributed by atoms with Gasteiger partial charge >= 0.3 is 12.1 Å². The molecule has 2 atom stereocenters. The Morgan fingerprint density at radius 3 is 2.51 bits per heavy atom. The normalized spacial score (nSPS) is 20.1. The Morgan fingerprint density at radius 2 is 1.95 bits per heavy atom. The molecule has 2 unspecified atom stereocenters. The number of rotatable bonds is 10. The van der Waals surface area contributed by atoms with Gasteiger partial charge in [0.25, 0.3) is 0 Å². The smallest absolute Gasteiger partial charge is 0.416 e. The highest BCUT2D eigenvalue weighted by atomic mass is 19.4. The van der Waals surface area contributed by atoms with E-state index >= 15 is 0 Å². The van der Waals surface area contributed by atoms with Crippen molar-refractivity contribution in [1.29, 1.82) is 0 Å². The van der Waals surface area contributed by atoms with Crippen LogP contribution in [0.5, 0.6) is 0 Å². The predicted molar refractivity (Wildman–Crippen MR) is 148 cm³/mol. The molecule has 7 nitrogen and oxygen atoms in total. The Hall–Kier alpha value is -3.79. The number of aliphatic imine (C=N–C) groups is 1. The molecule has 1 aromatic rings. The number of alkyl halides is 3. The first-order chi connectivity index (χ1) is 18.3. The van der Waals surface area contributed by atoms with Gasteiger partial charge < -0.3 is 24.8 Å². The summed E-state index contributed by atoms with van der Waals surface area (Å²) < 4.78 is 51.0. The number of carboxylic acids is 1. The Kier molecular flexibility index (Phi) is 11.6. The zero-order valence-corrected chi connectivity index (χ0v) is 22.9. The van der Waals surface area contributed by atoms with Gasteiger partial charge in [0.15, 0.2) is 0 Å². The van der Waals surface area contributed by atoms with Gasteiger partial charge in [-0.05, 0) is 57.0 Å². The monoisotopic (exact) mass is 547 g/mol. The van der Waals surface area contributed by atoms with Crippen molar-refractivity contribution in [2.24, 2.45) is 4.99 Å². The molecule has 1 fully saturated rings. The fourth-order valence-electron chi connectivity index (χ4n) is 4.03. The van der Waals surface area contributed by atoms with Gasteiger partial charge in [0.05, 0.1) is 43.0 Å². The lowest BCUT2D eigenvalue weighted by molar-refractivity contribution is -0.131. The average molecular weight is 548 g/mol. The summed E-state index contributed by atoms with van der Waals surface area (Å²) in [5.74, 6) is 0.154. The van der Waals surface area contributed by atoms with E-state index in [1.807, 2.05) is 32.0 Å². The van der Waals surface area contributed by atoms with E-state index in [1.54, 1.807) is 19.1 Å². The first-order valence-electron chi connectivity index (χ1n) is 12.4. The largest absolute Gasteiger partial charge is 0.501 e. The van der Waals surface area contributed by atoms with Gasteiger partial charge in [-0.2, -0.15) is 13.2 Å². The topological polar surface area (TPSA) is 83.4 Å². The third-order valence-corrected chi connectivity index (χ3v) is 5.76. The molecule has 0 amide bonds. The number of allylic oxidation sites excluding steroid dienone is 5. The van der Waals surface area contributed by atoms with E-state index in [0.29, 0.717) is 30.3 Å². The van der Waals surface area contributed by atoms with Crippen molar-refractivity contribution in [1.82, 2.24) is 10.2 Å². The van der Waals surface area contributed by atoms with Gasteiger partial charge in [-0.25, -0.2) is 4.79 Å². The second kappa shape index (κ2) is 14.4.